The molecule has 0 bridgehead atoms. The molecule has 0 unspecified atom stereocenters. The molecular weight excluding hydrogens is 158 g/mol. The average Bonchev–Trinajstić information content (AvgIpc) is 2.72. The zero-order chi connectivity index (χ0) is 8.73. The van der Waals surface area contributed by atoms with Crippen molar-refractivity contribution < 1.29 is 0 Å². The first-order valence-corrected chi connectivity index (χ1v) is 6.16. The Morgan fingerprint density at radius 2 is 1.69 bits per heavy atom. The molecule has 0 aromatic heterocycles. The van der Waals surface area contributed by atoms with Crippen molar-refractivity contribution in [1.29, 1.82) is 0 Å². The molecule has 0 aromatic rings. The SMILES string of the molecule is C1CC[C@@H]2NC3(CCCC3)C[C@H]2C1. The van der Waals surface area contributed by atoms with Gasteiger partial charge in [-0.05, 0) is 38.0 Å². The zero-order valence-electron chi connectivity index (χ0n) is 8.52. The predicted molar refractivity (Wildman–Crippen MR) is 54.7 cm³/mol. The highest BCUT2D eigenvalue weighted by molar-refractivity contribution is 5.05. The summed E-state index contributed by atoms with van der Waals surface area (Å²) < 4.78 is 0. The second-order valence-electron chi connectivity index (χ2n) is 5.49. The maximum atomic E-state index is 3.97. The number of fused-ring (bicyclic) bond motifs is 1. The van der Waals surface area contributed by atoms with E-state index in [2.05, 4.69) is 5.32 Å². The van der Waals surface area contributed by atoms with Crippen molar-refractivity contribution in [2.45, 2.75) is 69.4 Å². The van der Waals surface area contributed by atoms with Crippen LogP contribution in [0.4, 0.5) is 0 Å². The molecule has 2 saturated carbocycles. The van der Waals surface area contributed by atoms with Gasteiger partial charge in [-0.3, -0.25) is 0 Å². The fourth-order valence-corrected chi connectivity index (χ4v) is 4.00. The van der Waals surface area contributed by atoms with Crippen LogP contribution in [0.3, 0.4) is 0 Å². The minimum Gasteiger partial charge on any atom is -0.308 e. The fraction of sp³-hybridized carbons (Fsp3) is 1.00. The lowest BCUT2D eigenvalue weighted by atomic mass is 9.82. The van der Waals surface area contributed by atoms with Crippen LogP contribution < -0.4 is 5.32 Å². The van der Waals surface area contributed by atoms with Gasteiger partial charge < -0.3 is 5.32 Å². The topological polar surface area (TPSA) is 12.0 Å². The first-order chi connectivity index (χ1) is 6.38. The zero-order valence-corrected chi connectivity index (χ0v) is 8.52. The maximum absolute atomic E-state index is 3.97. The summed E-state index contributed by atoms with van der Waals surface area (Å²) in [6, 6.07) is 0.909. The Labute approximate surface area is 81.3 Å². The van der Waals surface area contributed by atoms with Crippen molar-refractivity contribution in [3.8, 4) is 0 Å². The Morgan fingerprint density at radius 3 is 2.46 bits per heavy atom. The number of nitrogens with one attached hydrogen (secondary N) is 1. The van der Waals surface area contributed by atoms with Crippen LogP contribution in [0, 0.1) is 5.92 Å². The minimum atomic E-state index is 0.625. The van der Waals surface area contributed by atoms with Crippen LogP contribution >= 0.6 is 0 Å². The summed E-state index contributed by atoms with van der Waals surface area (Å²) in [7, 11) is 0. The Morgan fingerprint density at radius 1 is 0.923 bits per heavy atom. The molecule has 1 N–H and O–H groups in total. The molecule has 1 aliphatic heterocycles. The summed E-state index contributed by atoms with van der Waals surface area (Å²) >= 11 is 0. The van der Waals surface area contributed by atoms with Gasteiger partial charge in [0.05, 0.1) is 0 Å². The van der Waals surface area contributed by atoms with E-state index in [1.807, 2.05) is 0 Å². The summed E-state index contributed by atoms with van der Waals surface area (Å²) in [6.45, 7) is 0. The molecule has 0 amide bonds. The number of hydrogen-bond donors (Lipinski definition) is 1. The van der Waals surface area contributed by atoms with Gasteiger partial charge in [0.2, 0.25) is 0 Å². The van der Waals surface area contributed by atoms with E-state index in [0.717, 1.165) is 12.0 Å². The first kappa shape index (κ1) is 8.28. The Balaban J connectivity index is 1.74. The molecule has 2 atom stereocenters. The molecule has 0 radical (unpaired) electrons. The van der Waals surface area contributed by atoms with Crippen molar-refractivity contribution in [3.63, 3.8) is 0 Å². The lowest BCUT2D eigenvalue weighted by Crippen LogP contribution is -2.41. The molecule has 3 rings (SSSR count). The molecule has 3 aliphatic rings. The third-order valence-electron chi connectivity index (χ3n) is 4.61. The molecule has 1 heterocycles. The van der Waals surface area contributed by atoms with Crippen LogP contribution in [-0.4, -0.2) is 11.6 Å². The normalized spacial score (nSPS) is 42.5. The van der Waals surface area contributed by atoms with Gasteiger partial charge in [0.1, 0.15) is 0 Å². The standard InChI is InChI=1S/C12H21N/c1-2-6-11-10(5-1)9-12(13-11)7-3-4-8-12/h10-11,13H,1-9H2/t10-,11+/m1/s1. The fourth-order valence-electron chi connectivity index (χ4n) is 4.00. The van der Waals surface area contributed by atoms with Gasteiger partial charge in [0.25, 0.3) is 0 Å². The molecule has 0 aromatic carbocycles. The van der Waals surface area contributed by atoms with E-state index in [0.29, 0.717) is 5.54 Å². The van der Waals surface area contributed by atoms with E-state index in [9.17, 15) is 0 Å². The second-order valence-corrected chi connectivity index (χ2v) is 5.49. The van der Waals surface area contributed by atoms with Gasteiger partial charge in [0.15, 0.2) is 0 Å². The Bertz CT molecular complexity index is 177. The van der Waals surface area contributed by atoms with Crippen LogP contribution in [0.25, 0.3) is 0 Å². The molecule has 2 aliphatic carbocycles. The average molecular weight is 179 g/mol. The molecule has 1 heteroatoms. The van der Waals surface area contributed by atoms with Crippen molar-refractivity contribution in [3.05, 3.63) is 0 Å². The highest BCUT2D eigenvalue weighted by Gasteiger charge is 2.46. The van der Waals surface area contributed by atoms with E-state index in [1.165, 1.54) is 57.8 Å². The van der Waals surface area contributed by atoms with Crippen molar-refractivity contribution in [2.24, 2.45) is 5.92 Å². The Hall–Kier alpha value is -0.0400. The molecule has 3 fully saturated rings. The quantitative estimate of drug-likeness (QED) is 0.603. The third kappa shape index (κ3) is 1.32. The van der Waals surface area contributed by atoms with Crippen LogP contribution in [0.1, 0.15) is 57.8 Å². The Kier molecular flexibility index (Phi) is 1.90. The summed E-state index contributed by atoms with van der Waals surface area (Å²) in [4.78, 5) is 0. The summed E-state index contributed by atoms with van der Waals surface area (Å²) in [6.07, 6.45) is 13.4. The third-order valence-corrected chi connectivity index (χ3v) is 4.61. The molecular formula is C12H21N. The molecule has 1 saturated heterocycles. The van der Waals surface area contributed by atoms with Gasteiger partial charge in [0, 0.05) is 11.6 Å². The van der Waals surface area contributed by atoms with Crippen molar-refractivity contribution in [2.75, 3.05) is 0 Å². The number of hydrogen-bond acceptors (Lipinski definition) is 1. The molecule has 1 nitrogen and oxygen atoms in total. The van der Waals surface area contributed by atoms with E-state index in [-0.39, 0.29) is 0 Å². The molecule has 74 valence electrons. The summed E-state index contributed by atoms with van der Waals surface area (Å²) in [5.41, 5.74) is 0.625. The van der Waals surface area contributed by atoms with Crippen LogP contribution in [0.2, 0.25) is 0 Å². The van der Waals surface area contributed by atoms with E-state index >= 15 is 0 Å². The highest BCUT2D eigenvalue weighted by Crippen LogP contribution is 2.45. The smallest absolute Gasteiger partial charge is 0.0187 e. The first-order valence-electron chi connectivity index (χ1n) is 6.16. The van der Waals surface area contributed by atoms with Crippen LogP contribution in [-0.2, 0) is 0 Å². The highest BCUT2D eigenvalue weighted by atomic mass is 15.1. The van der Waals surface area contributed by atoms with Crippen LogP contribution in [0.5, 0.6) is 0 Å². The predicted octanol–water partition coefficient (Wildman–Crippen LogP) is 2.85. The van der Waals surface area contributed by atoms with E-state index in [4.69, 9.17) is 0 Å². The lowest BCUT2D eigenvalue weighted by molar-refractivity contribution is 0.324. The monoisotopic (exact) mass is 179 g/mol. The van der Waals surface area contributed by atoms with Gasteiger partial charge in [-0.1, -0.05) is 25.7 Å². The van der Waals surface area contributed by atoms with E-state index in [1.54, 1.807) is 0 Å². The van der Waals surface area contributed by atoms with Gasteiger partial charge >= 0.3 is 0 Å². The van der Waals surface area contributed by atoms with Crippen molar-refractivity contribution in [1.82, 2.24) is 5.32 Å². The van der Waals surface area contributed by atoms with Gasteiger partial charge in [-0.15, -0.1) is 0 Å². The summed E-state index contributed by atoms with van der Waals surface area (Å²) in [5, 5.41) is 3.97. The summed E-state index contributed by atoms with van der Waals surface area (Å²) in [5.74, 6) is 1.05. The largest absolute Gasteiger partial charge is 0.308 e. The van der Waals surface area contributed by atoms with Gasteiger partial charge in [-0.2, -0.15) is 0 Å². The van der Waals surface area contributed by atoms with Crippen molar-refractivity contribution >= 4 is 0 Å². The number of rotatable bonds is 0. The lowest BCUT2D eigenvalue weighted by Gasteiger charge is -2.25. The molecule has 1 spiro atoms. The maximum Gasteiger partial charge on any atom is 0.0187 e. The van der Waals surface area contributed by atoms with Gasteiger partial charge in [-0.25, -0.2) is 0 Å². The second kappa shape index (κ2) is 2.98. The van der Waals surface area contributed by atoms with E-state index < -0.39 is 0 Å². The van der Waals surface area contributed by atoms with Crippen LogP contribution in [0.15, 0.2) is 0 Å². The minimum absolute atomic E-state index is 0.625. The molecule has 13 heavy (non-hydrogen) atoms.